The molecule has 1 aliphatic rings. The SMILES string of the molecule is Cc1ccc(C(=O)N(CCCN)C2CC2)c(F)c1. The Hall–Kier alpha value is -1.42. The number of carbonyl (C=O) groups excluding carboxylic acids is 1. The molecule has 0 bridgehead atoms. The summed E-state index contributed by atoms with van der Waals surface area (Å²) in [5, 5.41) is 0. The van der Waals surface area contributed by atoms with E-state index in [1.807, 2.05) is 6.92 Å². The Kier molecular flexibility index (Phi) is 3.97. The zero-order valence-corrected chi connectivity index (χ0v) is 10.7. The van der Waals surface area contributed by atoms with Crippen LogP contribution in [0.3, 0.4) is 0 Å². The van der Waals surface area contributed by atoms with Gasteiger partial charge in [0.1, 0.15) is 5.82 Å². The van der Waals surface area contributed by atoms with Crippen LogP contribution in [-0.2, 0) is 0 Å². The number of halogens is 1. The topological polar surface area (TPSA) is 46.3 Å². The van der Waals surface area contributed by atoms with Gasteiger partial charge in [-0.3, -0.25) is 4.79 Å². The molecule has 1 fully saturated rings. The number of nitrogens with two attached hydrogens (primary N) is 1. The van der Waals surface area contributed by atoms with Gasteiger partial charge < -0.3 is 10.6 Å². The Bertz CT molecular complexity index is 443. The molecule has 0 saturated heterocycles. The molecule has 3 nitrogen and oxygen atoms in total. The molecule has 1 aliphatic carbocycles. The maximum atomic E-state index is 13.8. The van der Waals surface area contributed by atoms with Gasteiger partial charge in [-0.25, -0.2) is 4.39 Å². The Morgan fingerprint density at radius 2 is 2.22 bits per heavy atom. The molecule has 0 spiro atoms. The van der Waals surface area contributed by atoms with Crippen LogP contribution in [0.1, 0.15) is 35.2 Å². The van der Waals surface area contributed by atoms with Crippen LogP contribution in [0.25, 0.3) is 0 Å². The molecule has 1 saturated carbocycles. The Labute approximate surface area is 107 Å². The Balaban J connectivity index is 2.16. The van der Waals surface area contributed by atoms with E-state index in [1.54, 1.807) is 17.0 Å². The normalized spacial score (nSPS) is 14.6. The number of carbonyl (C=O) groups is 1. The average Bonchev–Trinajstić information content (AvgIpc) is 3.13. The second kappa shape index (κ2) is 5.48. The first-order valence-corrected chi connectivity index (χ1v) is 6.40. The van der Waals surface area contributed by atoms with Gasteiger partial charge in [-0.05, 0) is 50.4 Å². The van der Waals surface area contributed by atoms with E-state index in [0.717, 1.165) is 24.8 Å². The average molecular weight is 250 g/mol. The van der Waals surface area contributed by atoms with Crippen molar-refractivity contribution in [1.82, 2.24) is 4.90 Å². The first kappa shape index (κ1) is 13.0. The van der Waals surface area contributed by atoms with Crippen molar-refractivity contribution in [3.05, 3.63) is 35.1 Å². The van der Waals surface area contributed by atoms with Crippen molar-refractivity contribution < 1.29 is 9.18 Å². The second-order valence-electron chi connectivity index (χ2n) is 4.86. The fourth-order valence-corrected chi connectivity index (χ4v) is 2.05. The van der Waals surface area contributed by atoms with Crippen molar-refractivity contribution in [3.8, 4) is 0 Å². The summed E-state index contributed by atoms with van der Waals surface area (Å²) in [6, 6.07) is 5.03. The summed E-state index contributed by atoms with van der Waals surface area (Å²) in [5.74, 6) is -0.637. The fraction of sp³-hybridized carbons (Fsp3) is 0.500. The predicted octanol–water partition coefficient (Wildman–Crippen LogP) is 2.09. The maximum Gasteiger partial charge on any atom is 0.257 e. The summed E-state index contributed by atoms with van der Waals surface area (Å²) in [5.41, 5.74) is 6.47. The van der Waals surface area contributed by atoms with Crippen LogP contribution in [0.15, 0.2) is 18.2 Å². The van der Waals surface area contributed by atoms with Gasteiger partial charge in [0.15, 0.2) is 0 Å². The van der Waals surface area contributed by atoms with Crippen LogP contribution in [0.2, 0.25) is 0 Å². The van der Waals surface area contributed by atoms with E-state index in [0.29, 0.717) is 13.1 Å². The highest BCUT2D eigenvalue weighted by Crippen LogP contribution is 2.28. The Morgan fingerprint density at radius 3 is 2.78 bits per heavy atom. The molecule has 1 aromatic rings. The lowest BCUT2D eigenvalue weighted by atomic mass is 10.1. The minimum atomic E-state index is -0.432. The molecule has 0 unspecified atom stereocenters. The standard InChI is InChI=1S/C14H19FN2O/c1-10-3-6-12(13(15)9-10)14(18)17(8-2-7-16)11-4-5-11/h3,6,9,11H,2,4-5,7-8,16H2,1H3. The number of aryl methyl sites for hydroxylation is 1. The van der Waals surface area contributed by atoms with Gasteiger partial charge in [0.2, 0.25) is 0 Å². The van der Waals surface area contributed by atoms with Crippen molar-refractivity contribution in [2.24, 2.45) is 5.73 Å². The van der Waals surface area contributed by atoms with Crippen molar-refractivity contribution in [3.63, 3.8) is 0 Å². The number of amides is 1. The van der Waals surface area contributed by atoms with Crippen molar-refractivity contribution in [2.45, 2.75) is 32.2 Å². The molecule has 4 heteroatoms. The summed E-state index contributed by atoms with van der Waals surface area (Å²) in [6.45, 7) is 2.98. The van der Waals surface area contributed by atoms with E-state index in [2.05, 4.69) is 0 Å². The maximum absolute atomic E-state index is 13.8. The minimum absolute atomic E-state index is 0.171. The van der Waals surface area contributed by atoms with Gasteiger partial charge in [0.05, 0.1) is 5.56 Å². The van der Waals surface area contributed by atoms with Crippen LogP contribution in [0, 0.1) is 12.7 Å². The molecule has 0 atom stereocenters. The van der Waals surface area contributed by atoms with Crippen LogP contribution in [0.4, 0.5) is 4.39 Å². The number of rotatable bonds is 5. The summed E-state index contributed by atoms with van der Waals surface area (Å²) >= 11 is 0. The lowest BCUT2D eigenvalue weighted by molar-refractivity contribution is 0.0737. The van der Waals surface area contributed by atoms with E-state index in [-0.39, 0.29) is 17.5 Å². The first-order chi connectivity index (χ1) is 8.63. The summed E-state index contributed by atoms with van der Waals surface area (Å²) in [6.07, 6.45) is 2.79. The van der Waals surface area contributed by atoms with Gasteiger partial charge >= 0.3 is 0 Å². The smallest absolute Gasteiger partial charge is 0.257 e. The molecule has 18 heavy (non-hydrogen) atoms. The van der Waals surface area contributed by atoms with E-state index in [4.69, 9.17) is 5.73 Å². The van der Waals surface area contributed by atoms with Gasteiger partial charge in [0.25, 0.3) is 5.91 Å². The molecule has 2 N–H and O–H groups in total. The highest BCUT2D eigenvalue weighted by molar-refractivity contribution is 5.95. The molecule has 1 amide bonds. The van der Waals surface area contributed by atoms with E-state index < -0.39 is 5.82 Å². The van der Waals surface area contributed by atoms with Gasteiger partial charge in [0, 0.05) is 12.6 Å². The van der Waals surface area contributed by atoms with Crippen LogP contribution < -0.4 is 5.73 Å². The fourth-order valence-electron chi connectivity index (χ4n) is 2.05. The molecular weight excluding hydrogens is 231 g/mol. The molecule has 2 rings (SSSR count). The summed E-state index contributed by atoms with van der Waals surface area (Å²) in [4.78, 5) is 14.1. The molecule has 98 valence electrons. The number of hydrogen-bond donors (Lipinski definition) is 1. The van der Waals surface area contributed by atoms with E-state index >= 15 is 0 Å². The number of benzene rings is 1. The molecular formula is C14H19FN2O. The zero-order valence-electron chi connectivity index (χ0n) is 10.7. The lowest BCUT2D eigenvalue weighted by Gasteiger charge is -2.22. The van der Waals surface area contributed by atoms with E-state index in [9.17, 15) is 9.18 Å². The predicted molar refractivity (Wildman–Crippen MR) is 68.9 cm³/mol. The molecule has 1 aromatic carbocycles. The Morgan fingerprint density at radius 1 is 1.50 bits per heavy atom. The molecule has 0 radical (unpaired) electrons. The zero-order chi connectivity index (χ0) is 13.1. The second-order valence-corrected chi connectivity index (χ2v) is 4.86. The molecule has 0 aliphatic heterocycles. The lowest BCUT2D eigenvalue weighted by Crippen LogP contribution is -2.35. The van der Waals surface area contributed by atoms with Crippen LogP contribution >= 0.6 is 0 Å². The highest BCUT2D eigenvalue weighted by atomic mass is 19.1. The quantitative estimate of drug-likeness (QED) is 0.869. The van der Waals surface area contributed by atoms with Crippen LogP contribution in [-0.4, -0.2) is 29.9 Å². The first-order valence-electron chi connectivity index (χ1n) is 6.40. The van der Waals surface area contributed by atoms with Crippen molar-refractivity contribution in [1.29, 1.82) is 0 Å². The van der Waals surface area contributed by atoms with E-state index in [1.165, 1.54) is 6.07 Å². The number of hydrogen-bond acceptors (Lipinski definition) is 2. The third-order valence-corrected chi connectivity index (χ3v) is 3.21. The van der Waals surface area contributed by atoms with Crippen LogP contribution in [0.5, 0.6) is 0 Å². The summed E-state index contributed by atoms with van der Waals surface area (Å²) in [7, 11) is 0. The minimum Gasteiger partial charge on any atom is -0.336 e. The molecule has 0 heterocycles. The van der Waals surface area contributed by atoms with Crippen molar-refractivity contribution >= 4 is 5.91 Å². The third kappa shape index (κ3) is 2.88. The van der Waals surface area contributed by atoms with Crippen molar-refractivity contribution in [2.75, 3.05) is 13.1 Å². The largest absolute Gasteiger partial charge is 0.336 e. The third-order valence-electron chi connectivity index (χ3n) is 3.21. The van der Waals surface area contributed by atoms with Gasteiger partial charge in [-0.15, -0.1) is 0 Å². The number of nitrogens with zero attached hydrogens (tertiary/aromatic N) is 1. The van der Waals surface area contributed by atoms with Gasteiger partial charge in [-0.1, -0.05) is 6.07 Å². The van der Waals surface area contributed by atoms with Gasteiger partial charge in [-0.2, -0.15) is 0 Å². The monoisotopic (exact) mass is 250 g/mol. The summed E-state index contributed by atoms with van der Waals surface area (Å²) < 4.78 is 13.8. The highest BCUT2D eigenvalue weighted by Gasteiger charge is 2.33. The molecule has 0 aromatic heterocycles.